The first-order chi connectivity index (χ1) is 22.5. The molecule has 0 unspecified atom stereocenters. The van der Waals surface area contributed by atoms with E-state index in [0.717, 1.165) is 0 Å². The van der Waals surface area contributed by atoms with Crippen LogP contribution in [0.1, 0.15) is 55.4 Å². The molecule has 12 atom stereocenters. The molecule has 6 aliphatic rings. The molecule has 2 amide bonds. The van der Waals surface area contributed by atoms with Crippen LogP contribution in [0, 0.1) is 0 Å². The second kappa shape index (κ2) is 12.9. The lowest BCUT2D eigenvalue weighted by molar-refractivity contribution is -0.197. The summed E-state index contributed by atoms with van der Waals surface area (Å²) < 4.78 is 59.4. The van der Waals surface area contributed by atoms with Gasteiger partial charge in [-0.2, -0.15) is 0 Å². The van der Waals surface area contributed by atoms with E-state index in [1.807, 2.05) is 0 Å². The highest BCUT2D eigenvalue weighted by molar-refractivity contribution is 5.83. The summed E-state index contributed by atoms with van der Waals surface area (Å²) in [7, 11) is 0. The lowest BCUT2D eigenvalue weighted by Crippen LogP contribution is -2.47. The van der Waals surface area contributed by atoms with Crippen LogP contribution in [-0.4, -0.2) is 134 Å². The molecule has 268 valence electrons. The first-order valence-corrected chi connectivity index (χ1v) is 16.3. The van der Waals surface area contributed by atoms with Gasteiger partial charge in [-0.25, -0.2) is 4.79 Å². The van der Waals surface area contributed by atoms with Crippen LogP contribution in [-0.2, 0) is 61.8 Å². The maximum Gasteiger partial charge on any atom is 0.338 e. The van der Waals surface area contributed by atoms with Gasteiger partial charge in [0.15, 0.2) is 35.7 Å². The third kappa shape index (κ3) is 7.01. The van der Waals surface area contributed by atoms with E-state index >= 15 is 0 Å². The van der Waals surface area contributed by atoms with Gasteiger partial charge < -0.3 is 58.0 Å². The Kier molecular flexibility index (Phi) is 9.47. The number of rotatable bonds is 10. The molecule has 0 aliphatic carbocycles. The quantitative estimate of drug-likeness (QED) is 0.138. The third-order valence-corrected chi connectivity index (χ3v) is 8.83. The maximum atomic E-state index is 13.6. The second-order valence-electron chi connectivity index (χ2n) is 14.4. The Morgan fingerprint density at radius 3 is 1.48 bits per heavy atom. The van der Waals surface area contributed by atoms with Crippen molar-refractivity contribution in [2.75, 3.05) is 19.6 Å². The van der Waals surface area contributed by atoms with Crippen molar-refractivity contribution >= 4 is 17.8 Å². The predicted molar refractivity (Wildman–Crippen MR) is 159 cm³/mol. The number of carbonyl (C=O) groups is 3. The molecule has 0 aromatic heterocycles. The number of fused-ring (bicyclic) bond motifs is 3. The Bertz CT molecular complexity index is 1320. The summed E-state index contributed by atoms with van der Waals surface area (Å²) in [6.45, 7) is 13.8. The largest absolute Gasteiger partial charge is 0.461 e. The first-order valence-electron chi connectivity index (χ1n) is 16.3. The molecule has 6 rings (SSSR count). The molecule has 48 heavy (non-hydrogen) atoms. The standard InChI is InChI=1S/C30H45N5O13/c1-12(2)39-27(38)24-21-17(44-30(7,8)48-21)14(42-24)10-33-25(36)22-19-16(43-28(3,4)46-19)13(40-22)9-32-26(37)23-20-18(45-29(5,6)47-20)15(41-23)11-34-35-31/h12-24H,9-11H2,1-8H3,(H,32,37)(H,33,36)/t13-,14-,15-,16+,17+,18+,19+,20+,21+,22-,23-,24-/m1/s1. The number of ether oxygens (including phenoxy) is 10. The fourth-order valence-electron chi connectivity index (χ4n) is 7.15. The minimum Gasteiger partial charge on any atom is -0.461 e. The van der Waals surface area contributed by atoms with Crippen molar-refractivity contribution in [2.45, 2.75) is 152 Å². The summed E-state index contributed by atoms with van der Waals surface area (Å²) in [5, 5.41) is 9.26. The average Bonchev–Trinajstić information content (AvgIpc) is 3.78. The normalized spacial score (nSPS) is 41.4. The van der Waals surface area contributed by atoms with E-state index in [2.05, 4.69) is 20.7 Å². The van der Waals surface area contributed by atoms with Crippen LogP contribution in [0.3, 0.4) is 0 Å². The maximum absolute atomic E-state index is 13.6. The molecule has 0 spiro atoms. The van der Waals surface area contributed by atoms with E-state index < -0.39 is 108 Å². The van der Waals surface area contributed by atoms with Crippen molar-refractivity contribution in [1.82, 2.24) is 10.6 Å². The van der Waals surface area contributed by atoms with E-state index in [1.54, 1.807) is 55.4 Å². The molecule has 6 saturated heterocycles. The fraction of sp³-hybridized carbons (Fsp3) is 0.900. The van der Waals surface area contributed by atoms with Gasteiger partial charge in [0.1, 0.15) is 48.8 Å². The lowest BCUT2D eigenvalue weighted by Gasteiger charge is -2.26. The monoisotopic (exact) mass is 683 g/mol. The average molecular weight is 684 g/mol. The van der Waals surface area contributed by atoms with Crippen LogP contribution in [0.15, 0.2) is 5.11 Å². The van der Waals surface area contributed by atoms with Gasteiger partial charge in [-0.15, -0.1) is 0 Å². The van der Waals surface area contributed by atoms with Crippen LogP contribution in [0.5, 0.6) is 0 Å². The number of hydrogen-bond donors (Lipinski definition) is 2. The summed E-state index contributed by atoms with van der Waals surface area (Å²) in [4.78, 5) is 42.5. The second-order valence-corrected chi connectivity index (χ2v) is 14.4. The first kappa shape index (κ1) is 35.2. The highest BCUT2D eigenvalue weighted by atomic mass is 16.8. The van der Waals surface area contributed by atoms with Crippen LogP contribution in [0.4, 0.5) is 0 Å². The molecule has 0 aromatic rings. The summed E-state index contributed by atoms with van der Waals surface area (Å²) >= 11 is 0. The number of hydrogen-bond acceptors (Lipinski definition) is 14. The van der Waals surface area contributed by atoms with Crippen molar-refractivity contribution in [1.29, 1.82) is 0 Å². The van der Waals surface area contributed by atoms with E-state index in [1.165, 1.54) is 0 Å². The molecule has 6 aliphatic heterocycles. The van der Waals surface area contributed by atoms with E-state index in [0.29, 0.717) is 0 Å². The molecule has 18 nitrogen and oxygen atoms in total. The minimum atomic E-state index is -1.08. The van der Waals surface area contributed by atoms with Crippen molar-refractivity contribution in [3.8, 4) is 0 Å². The molecule has 6 heterocycles. The zero-order chi connectivity index (χ0) is 34.8. The molecule has 0 aromatic carbocycles. The van der Waals surface area contributed by atoms with Crippen LogP contribution >= 0.6 is 0 Å². The number of azide groups is 1. The van der Waals surface area contributed by atoms with E-state index in [9.17, 15) is 14.4 Å². The summed E-state index contributed by atoms with van der Waals surface area (Å²) in [5.41, 5.74) is 8.78. The van der Waals surface area contributed by atoms with Gasteiger partial charge >= 0.3 is 5.97 Å². The number of carbonyl (C=O) groups excluding carboxylic acids is 3. The number of nitrogens with one attached hydrogen (secondary N) is 2. The Morgan fingerprint density at radius 2 is 1.04 bits per heavy atom. The molecule has 2 N–H and O–H groups in total. The SMILES string of the molecule is CC(C)OC(=O)[C@@H]1O[C@H](CNC(=O)[C@@H]2O[C@H](CNC(=O)[C@@H]3O[C@H](CN=[N+]=[N-])[C@@H]4OC(C)(C)O[C@@H]43)[C@@H]3OC(C)(C)O[C@@H]32)[C@@H]2OC(C)(C)O[C@@H]21. The molecular weight excluding hydrogens is 638 g/mol. The zero-order valence-corrected chi connectivity index (χ0v) is 28.3. The topological polar surface area (TPSA) is 216 Å². The Labute approximate surface area is 277 Å². The van der Waals surface area contributed by atoms with Gasteiger partial charge in [-0.3, -0.25) is 9.59 Å². The van der Waals surface area contributed by atoms with Gasteiger partial charge in [0.25, 0.3) is 11.8 Å². The predicted octanol–water partition coefficient (Wildman–Crippen LogP) is 0.343. The Balaban J connectivity index is 1.08. The Hall–Kier alpha value is -2.64. The number of nitrogens with zero attached hydrogens (tertiary/aromatic N) is 3. The molecule has 0 bridgehead atoms. The molecular formula is C30H45N5O13. The van der Waals surface area contributed by atoms with E-state index in [4.69, 9.17) is 52.9 Å². The minimum absolute atomic E-state index is 0.00912. The van der Waals surface area contributed by atoms with Crippen molar-refractivity contribution in [3.05, 3.63) is 10.4 Å². The summed E-state index contributed by atoms with van der Waals surface area (Å²) in [6, 6.07) is 0. The van der Waals surface area contributed by atoms with Gasteiger partial charge in [-0.1, -0.05) is 5.11 Å². The number of amides is 2. The Morgan fingerprint density at radius 1 is 0.667 bits per heavy atom. The molecule has 0 saturated carbocycles. The molecule has 6 fully saturated rings. The smallest absolute Gasteiger partial charge is 0.338 e. The van der Waals surface area contributed by atoms with Gasteiger partial charge in [0.2, 0.25) is 0 Å². The zero-order valence-electron chi connectivity index (χ0n) is 28.3. The highest BCUT2D eigenvalue weighted by Gasteiger charge is 2.61. The van der Waals surface area contributed by atoms with Crippen LogP contribution in [0.2, 0.25) is 0 Å². The van der Waals surface area contributed by atoms with Crippen molar-refractivity contribution < 1.29 is 61.8 Å². The molecule has 18 heteroatoms. The summed E-state index contributed by atoms with van der Waals surface area (Å²) in [6.07, 6.45) is -9.71. The van der Waals surface area contributed by atoms with Gasteiger partial charge in [0.05, 0.1) is 18.8 Å². The summed E-state index contributed by atoms with van der Waals surface area (Å²) in [5.74, 6) is -4.47. The fourth-order valence-corrected chi connectivity index (χ4v) is 7.15. The number of esters is 1. The molecule has 0 radical (unpaired) electrons. The highest BCUT2D eigenvalue weighted by Crippen LogP contribution is 2.42. The van der Waals surface area contributed by atoms with E-state index in [-0.39, 0.29) is 25.7 Å². The third-order valence-electron chi connectivity index (χ3n) is 8.83. The lowest BCUT2D eigenvalue weighted by atomic mass is 10.1. The van der Waals surface area contributed by atoms with Gasteiger partial charge in [-0.05, 0) is 60.9 Å². The van der Waals surface area contributed by atoms with Gasteiger partial charge in [0, 0.05) is 18.0 Å². The van der Waals surface area contributed by atoms with Crippen molar-refractivity contribution in [2.24, 2.45) is 5.11 Å². The van der Waals surface area contributed by atoms with Crippen LogP contribution in [0.25, 0.3) is 10.4 Å². The van der Waals surface area contributed by atoms with Crippen molar-refractivity contribution in [3.63, 3.8) is 0 Å². The van der Waals surface area contributed by atoms with Crippen LogP contribution < -0.4 is 10.6 Å².